The Bertz CT molecular complexity index is 1350. The second-order valence-electron chi connectivity index (χ2n) is 9.54. The van der Waals surface area contributed by atoms with Crippen LogP contribution in [-0.4, -0.2) is 30.9 Å². The van der Waals surface area contributed by atoms with Gasteiger partial charge in [-0.05, 0) is 61.7 Å². The number of anilines is 3. The zero-order valence-corrected chi connectivity index (χ0v) is 22.2. The predicted molar refractivity (Wildman–Crippen MR) is 163 cm³/mol. The van der Waals surface area contributed by atoms with Crippen LogP contribution in [-0.2, 0) is 0 Å². The average molecular weight is 504 g/mol. The molecule has 0 bridgehead atoms. The Morgan fingerprint density at radius 3 is 2.42 bits per heavy atom. The molecule has 194 valence electrons. The number of likely N-dealkylation sites (N-methyl/N-ethyl adjacent to an activating group) is 1. The number of nitrogen functional groups attached to an aromatic ring is 1. The van der Waals surface area contributed by atoms with Gasteiger partial charge in [0.25, 0.3) is 0 Å². The summed E-state index contributed by atoms with van der Waals surface area (Å²) in [4.78, 5) is 2.01. The smallest absolute Gasteiger partial charge is 0.128 e. The third-order valence-corrected chi connectivity index (χ3v) is 6.58. The van der Waals surface area contributed by atoms with E-state index in [9.17, 15) is 0 Å². The summed E-state index contributed by atoms with van der Waals surface area (Å²) in [5.74, 6) is 0.552. The van der Waals surface area contributed by atoms with Gasteiger partial charge in [0.05, 0.1) is 0 Å². The normalized spacial score (nSPS) is 13.6. The Kier molecular flexibility index (Phi) is 9.19. The van der Waals surface area contributed by atoms with Crippen molar-refractivity contribution in [3.63, 3.8) is 0 Å². The molecule has 5 N–H and O–H groups in total. The van der Waals surface area contributed by atoms with Gasteiger partial charge in [-0.3, -0.25) is 5.41 Å². The summed E-state index contributed by atoms with van der Waals surface area (Å²) in [6, 6.07) is 26.0. The van der Waals surface area contributed by atoms with Gasteiger partial charge in [0.1, 0.15) is 5.84 Å². The number of amidine groups is 1. The maximum Gasteiger partial charge on any atom is 0.128 e. The summed E-state index contributed by atoms with van der Waals surface area (Å²) in [5, 5.41) is 15.5. The highest BCUT2D eigenvalue weighted by Crippen LogP contribution is 2.27. The van der Waals surface area contributed by atoms with Crippen molar-refractivity contribution < 1.29 is 0 Å². The first-order chi connectivity index (χ1) is 18.5. The molecule has 3 aromatic rings. The van der Waals surface area contributed by atoms with E-state index in [1.54, 1.807) is 0 Å². The Balaban J connectivity index is 1.27. The number of hydrogen-bond acceptors (Lipinski definition) is 4. The van der Waals surface area contributed by atoms with Crippen LogP contribution in [0.1, 0.15) is 30.9 Å². The molecular weight excluding hydrogens is 466 g/mol. The number of rotatable bonds is 10. The van der Waals surface area contributed by atoms with Crippen molar-refractivity contribution in [2.75, 3.05) is 31.2 Å². The molecule has 0 aromatic heterocycles. The van der Waals surface area contributed by atoms with Crippen LogP contribution in [0.2, 0.25) is 0 Å². The minimum atomic E-state index is 0.552. The lowest BCUT2D eigenvalue weighted by Gasteiger charge is -2.23. The van der Waals surface area contributed by atoms with Crippen LogP contribution in [0.25, 0.3) is 5.57 Å². The van der Waals surface area contributed by atoms with Crippen molar-refractivity contribution in [3.8, 4) is 0 Å². The summed E-state index contributed by atoms with van der Waals surface area (Å²) >= 11 is 0. The van der Waals surface area contributed by atoms with E-state index in [0.29, 0.717) is 5.84 Å². The van der Waals surface area contributed by atoms with Gasteiger partial charge in [-0.25, -0.2) is 0 Å². The van der Waals surface area contributed by atoms with Gasteiger partial charge in [0, 0.05) is 54.0 Å². The summed E-state index contributed by atoms with van der Waals surface area (Å²) in [6.45, 7) is 3.69. The number of hydrogen-bond donors (Lipinski definition) is 4. The maximum atomic E-state index is 8.43. The third-order valence-electron chi connectivity index (χ3n) is 6.58. The third kappa shape index (κ3) is 7.50. The van der Waals surface area contributed by atoms with E-state index in [0.717, 1.165) is 48.6 Å². The molecular formula is C33H37N5. The second-order valence-corrected chi connectivity index (χ2v) is 9.54. The van der Waals surface area contributed by atoms with Crippen molar-refractivity contribution in [2.24, 2.45) is 0 Å². The molecule has 0 saturated carbocycles. The zero-order chi connectivity index (χ0) is 26.7. The molecule has 0 radical (unpaired) electrons. The lowest BCUT2D eigenvalue weighted by atomic mass is 10.0. The molecule has 0 spiro atoms. The molecule has 0 aliphatic heterocycles. The SMILES string of the molecule is C/C(=C\C=C/CNC1=CC=C(CN(C)C(=N)c2ccccc2)CC1)c1ccccc1Nc1ccc(N)cc1. The van der Waals surface area contributed by atoms with Crippen LogP contribution < -0.4 is 16.4 Å². The van der Waals surface area contributed by atoms with E-state index in [1.165, 1.54) is 22.4 Å². The lowest BCUT2D eigenvalue weighted by Crippen LogP contribution is -2.29. The van der Waals surface area contributed by atoms with Crippen molar-refractivity contribution in [3.05, 3.63) is 132 Å². The van der Waals surface area contributed by atoms with Gasteiger partial charge < -0.3 is 21.3 Å². The molecule has 3 aromatic carbocycles. The summed E-state index contributed by atoms with van der Waals surface area (Å²) in [5.41, 5.74) is 14.5. The first-order valence-corrected chi connectivity index (χ1v) is 13.0. The first-order valence-electron chi connectivity index (χ1n) is 13.0. The van der Waals surface area contributed by atoms with Gasteiger partial charge in [0.2, 0.25) is 0 Å². The number of allylic oxidation sites excluding steroid dienone is 6. The van der Waals surface area contributed by atoms with Crippen molar-refractivity contribution in [1.82, 2.24) is 10.2 Å². The molecule has 0 atom stereocenters. The van der Waals surface area contributed by atoms with E-state index in [1.807, 2.05) is 72.6 Å². The number of benzene rings is 3. The summed E-state index contributed by atoms with van der Waals surface area (Å²) in [7, 11) is 1.99. The monoisotopic (exact) mass is 503 g/mol. The molecule has 38 heavy (non-hydrogen) atoms. The molecule has 1 aliphatic rings. The van der Waals surface area contributed by atoms with Crippen molar-refractivity contribution in [2.45, 2.75) is 19.8 Å². The second kappa shape index (κ2) is 13.2. The van der Waals surface area contributed by atoms with Gasteiger partial charge in [-0.2, -0.15) is 0 Å². The van der Waals surface area contributed by atoms with Gasteiger partial charge >= 0.3 is 0 Å². The van der Waals surface area contributed by atoms with Gasteiger partial charge in [0.15, 0.2) is 0 Å². The fourth-order valence-corrected chi connectivity index (χ4v) is 4.38. The molecule has 0 unspecified atom stereocenters. The van der Waals surface area contributed by atoms with Crippen LogP contribution >= 0.6 is 0 Å². The minimum absolute atomic E-state index is 0.552. The molecule has 5 nitrogen and oxygen atoms in total. The molecule has 5 heteroatoms. The van der Waals surface area contributed by atoms with Crippen molar-refractivity contribution in [1.29, 1.82) is 5.41 Å². The van der Waals surface area contributed by atoms with Crippen molar-refractivity contribution >= 4 is 28.5 Å². The Morgan fingerprint density at radius 1 is 0.947 bits per heavy atom. The van der Waals surface area contributed by atoms with Crippen LogP contribution in [0.5, 0.6) is 0 Å². The highest BCUT2D eigenvalue weighted by atomic mass is 15.1. The number of para-hydroxylation sites is 1. The largest absolute Gasteiger partial charge is 0.399 e. The predicted octanol–water partition coefficient (Wildman–Crippen LogP) is 7.12. The van der Waals surface area contributed by atoms with Gasteiger partial charge in [-0.1, -0.05) is 78.4 Å². The standard InChI is InChI=1S/C33H37N5/c1-25(31-13-6-7-14-32(31)37-30-21-17-28(34)18-22-30)10-8-9-23-36-29-19-15-26(16-20-29)24-38(2)33(35)27-11-4-3-5-12-27/h3-15,17-19,21-22,35-37H,16,20,23-24,34H2,1-2H3/b9-8-,25-10+,35-33?. The number of nitrogens with two attached hydrogens (primary N) is 1. The molecule has 0 amide bonds. The quantitative estimate of drug-likeness (QED) is 0.103. The topological polar surface area (TPSA) is 77.2 Å². The van der Waals surface area contributed by atoms with Gasteiger partial charge in [-0.15, -0.1) is 0 Å². The van der Waals surface area contributed by atoms with Crippen LogP contribution in [0.15, 0.2) is 121 Å². The number of nitrogens with one attached hydrogen (secondary N) is 3. The summed E-state index contributed by atoms with van der Waals surface area (Å²) < 4.78 is 0. The number of nitrogens with zero attached hydrogens (tertiary/aromatic N) is 1. The Morgan fingerprint density at radius 2 is 1.68 bits per heavy atom. The zero-order valence-electron chi connectivity index (χ0n) is 22.2. The van der Waals surface area contributed by atoms with Crippen LogP contribution in [0, 0.1) is 5.41 Å². The first kappa shape index (κ1) is 26.6. The Labute approximate surface area is 226 Å². The minimum Gasteiger partial charge on any atom is -0.399 e. The Hall–Kier alpha value is -4.51. The molecule has 0 fully saturated rings. The molecule has 0 saturated heterocycles. The van der Waals surface area contributed by atoms with E-state index < -0.39 is 0 Å². The van der Waals surface area contributed by atoms with Crippen LogP contribution in [0.3, 0.4) is 0 Å². The van der Waals surface area contributed by atoms with E-state index in [4.69, 9.17) is 11.1 Å². The molecule has 0 heterocycles. The lowest BCUT2D eigenvalue weighted by molar-refractivity contribution is 0.533. The fraction of sp³-hybridized carbons (Fsp3) is 0.182. The highest BCUT2D eigenvalue weighted by Gasteiger charge is 2.12. The van der Waals surface area contributed by atoms with E-state index >= 15 is 0 Å². The van der Waals surface area contributed by atoms with E-state index in [2.05, 4.69) is 66.1 Å². The average Bonchev–Trinajstić information content (AvgIpc) is 2.95. The van der Waals surface area contributed by atoms with Crippen LogP contribution in [0.4, 0.5) is 17.1 Å². The van der Waals surface area contributed by atoms with E-state index in [-0.39, 0.29) is 0 Å². The molecule has 4 rings (SSSR count). The molecule has 1 aliphatic carbocycles. The highest BCUT2D eigenvalue weighted by molar-refractivity contribution is 5.96. The summed E-state index contributed by atoms with van der Waals surface area (Å²) in [6.07, 6.45) is 12.8. The fourth-order valence-electron chi connectivity index (χ4n) is 4.38. The maximum absolute atomic E-state index is 8.43.